The first-order valence-corrected chi connectivity index (χ1v) is 12.0. The first kappa shape index (κ1) is 22.6. The van der Waals surface area contributed by atoms with Gasteiger partial charge in [-0.25, -0.2) is 9.97 Å². The summed E-state index contributed by atoms with van der Waals surface area (Å²) in [4.78, 5) is 21.0. The molecule has 1 aliphatic heterocycles. The number of halogens is 1. The number of hydrogen-bond acceptors (Lipinski definition) is 8. The molecule has 2 aliphatic rings. The van der Waals surface area contributed by atoms with Crippen molar-refractivity contribution >= 4 is 29.3 Å². The Morgan fingerprint density at radius 1 is 1.23 bits per heavy atom. The fourth-order valence-electron chi connectivity index (χ4n) is 4.12. The number of pyridine rings is 1. The molecular formula is C22H28ClN3O4S. The Labute approximate surface area is 191 Å². The van der Waals surface area contributed by atoms with Crippen LogP contribution in [0, 0.1) is 5.92 Å². The Balaban J connectivity index is 1.42. The lowest BCUT2D eigenvalue weighted by Gasteiger charge is -2.27. The molecule has 3 heterocycles. The predicted octanol–water partition coefficient (Wildman–Crippen LogP) is 4.59. The van der Waals surface area contributed by atoms with Crippen molar-refractivity contribution in [2.45, 2.75) is 67.1 Å². The van der Waals surface area contributed by atoms with E-state index in [9.17, 15) is 4.79 Å². The van der Waals surface area contributed by atoms with Crippen molar-refractivity contribution in [2.24, 2.45) is 5.92 Å². The number of oxazole rings is 1. The molecule has 4 rings (SSSR count). The second kappa shape index (κ2) is 10.8. The molecule has 0 atom stereocenters. The number of hydrogen-bond donors (Lipinski definition) is 1. The van der Waals surface area contributed by atoms with Gasteiger partial charge < -0.3 is 19.2 Å². The molecule has 1 saturated carbocycles. The van der Waals surface area contributed by atoms with E-state index in [4.69, 9.17) is 30.5 Å². The van der Waals surface area contributed by atoms with Crippen LogP contribution in [0.5, 0.6) is 0 Å². The minimum atomic E-state index is -0.0924. The van der Waals surface area contributed by atoms with Gasteiger partial charge in [-0.15, -0.1) is 0 Å². The molecule has 2 fully saturated rings. The Kier molecular flexibility index (Phi) is 7.87. The van der Waals surface area contributed by atoms with Gasteiger partial charge in [0, 0.05) is 37.9 Å². The highest BCUT2D eigenvalue weighted by Gasteiger charge is 2.28. The van der Waals surface area contributed by atoms with Crippen LogP contribution in [0.25, 0.3) is 0 Å². The molecule has 9 heteroatoms. The first-order valence-electron chi connectivity index (χ1n) is 10.8. The third-order valence-corrected chi connectivity index (χ3v) is 7.14. The highest BCUT2D eigenvalue weighted by Crippen LogP contribution is 2.35. The number of methoxy groups -OCH3 is 1. The van der Waals surface area contributed by atoms with Gasteiger partial charge in [-0.2, -0.15) is 0 Å². The SMILES string of the molecule is COC(=O)C1CCC(NCc2nc(C3CCOCC3)oc2Sc2ccc(Cl)cn2)CC1. The van der Waals surface area contributed by atoms with Gasteiger partial charge in [0.05, 0.1) is 18.1 Å². The van der Waals surface area contributed by atoms with Gasteiger partial charge in [0.15, 0.2) is 11.0 Å². The number of ether oxygens (including phenoxy) is 2. The third-order valence-electron chi connectivity index (χ3n) is 5.97. The predicted molar refractivity (Wildman–Crippen MR) is 117 cm³/mol. The van der Waals surface area contributed by atoms with Crippen LogP contribution in [0.4, 0.5) is 0 Å². The van der Waals surface area contributed by atoms with Crippen molar-refractivity contribution in [1.82, 2.24) is 15.3 Å². The van der Waals surface area contributed by atoms with Crippen molar-refractivity contribution in [2.75, 3.05) is 20.3 Å². The third kappa shape index (κ3) is 6.00. The lowest BCUT2D eigenvalue weighted by atomic mass is 9.86. The Bertz CT molecular complexity index is 862. The largest absolute Gasteiger partial charge is 0.469 e. The zero-order chi connectivity index (χ0) is 21.6. The highest BCUT2D eigenvalue weighted by molar-refractivity contribution is 7.99. The zero-order valence-electron chi connectivity index (χ0n) is 17.6. The molecule has 0 bridgehead atoms. The van der Waals surface area contributed by atoms with Crippen molar-refractivity contribution in [3.05, 3.63) is 34.9 Å². The first-order chi connectivity index (χ1) is 15.1. The number of nitrogens with one attached hydrogen (secondary N) is 1. The van der Waals surface area contributed by atoms with E-state index in [1.807, 2.05) is 12.1 Å². The van der Waals surface area contributed by atoms with Gasteiger partial charge in [0.25, 0.3) is 0 Å². The van der Waals surface area contributed by atoms with Gasteiger partial charge in [-0.1, -0.05) is 11.6 Å². The average Bonchev–Trinajstić information content (AvgIpc) is 3.22. The van der Waals surface area contributed by atoms with Gasteiger partial charge in [-0.05, 0) is 62.4 Å². The molecule has 31 heavy (non-hydrogen) atoms. The van der Waals surface area contributed by atoms with Crippen LogP contribution in [0.2, 0.25) is 5.02 Å². The molecule has 2 aromatic rings. The van der Waals surface area contributed by atoms with Crippen molar-refractivity contribution in [1.29, 1.82) is 0 Å². The lowest BCUT2D eigenvalue weighted by molar-refractivity contribution is -0.146. The van der Waals surface area contributed by atoms with Crippen LogP contribution in [0.1, 0.15) is 56.0 Å². The Hall–Kier alpha value is -1.61. The standard InChI is InChI=1S/C22H28ClN3O4S/c1-28-21(27)15-2-5-17(6-3-15)24-13-18-22(31-19-7-4-16(23)12-25-19)30-20(26-18)14-8-10-29-11-9-14/h4,7,12,14-15,17,24H,2-3,5-6,8-11,13H2,1H3. The van der Waals surface area contributed by atoms with Gasteiger partial charge in [0.1, 0.15) is 10.7 Å². The molecule has 7 nitrogen and oxygen atoms in total. The van der Waals surface area contributed by atoms with Crippen LogP contribution in [-0.4, -0.2) is 42.3 Å². The second-order valence-electron chi connectivity index (χ2n) is 8.04. The summed E-state index contributed by atoms with van der Waals surface area (Å²) in [5, 5.41) is 5.81. The normalized spacial score (nSPS) is 22.4. The van der Waals surface area contributed by atoms with Crippen molar-refractivity contribution < 1.29 is 18.7 Å². The summed E-state index contributed by atoms with van der Waals surface area (Å²) in [6.07, 6.45) is 7.09. The lowest BCUT2D eigenvalue weighted by Crippen LogP contribution is -2.35. The number of aromatic nitrogens is 2. The summed E-state index contributed by atoms with van der Waals surface area (Å²) in [5.74, 6) is 1.00. The van der Waals surface area contributed by atoms with E-state index in [0.717, 1.165) is 73.4 Å². The fraction of sp³-hybridized carbons (Fsp3) is 0.591. The van der Waals surface area contributed by atoms with Gasteiger partial charge >= 0.3 is 5.97 Å². The highest BCUT2D eigenvalue weighted by atomic mass is 35.5. The maximum absolute atomic E-state index is 11.8. The van der Waals surface area contributed by atoms with E-state index in [0.29, 0.717) is 17.6 Å². The molecular weight excluding hydrogens is 438 g/mol. The summed E-state index contributed by atoms with van der Waals surface area (Å²) < 4.78 is 16.6. The molecule has 168 valence electrons. The molecule has 0 unspecified atom stereocenters. The van der Waals surface area contributed by atoms with E-state index in [1.54, 1.807) is 6.20 Å². The topological polar surface area (TPSA) is 86.5 Å². The molecule has 0 aromatic carbocycles. The van der Waals surface area contributed by atoms with Crippen LogP contribution in [-0.2, 0) is 20.8 Å². The number of esters is 1. The smallest absolute Gasteiger partial charge is 0.308 e. The second-order valence-corrected chi connectivity index (χ2v) is 9.47. The van der Waals surface area contributed by atoms with Crippen LogP contribution < -0.4 is 5.32 Å². The summed E-state index contributed by atoms with van der Waals surface area (Å²) >= 11 is 7.44. The number of carbonyl (C=O) groups is 1. The Morgan fingerprint density at radius 3 is 2.68 bits per heavy atom. The Morgan fingerprint density at radius 2 is 2.00 bits per heavy atom. The minimum absolute atomic E-state index is 0.0253. The fourth-order valence-corrected chi connectivity index (χ4v) is 5.03. The molecule has 0 spiro atoms. The van der Waals surface area contributed by atoms with Gasteiger partial charge in [-0.3, -0.25) is 4.79 Å². The number of nitrogens with zero attached hydrogens (tertiary/aromatic N) is 2. The van der Waals surface area contributed by atoms with E-state index < -0.39 is 0 Å². The maximum atomic E-state index is 11.8. The van der Waals surface area contributed by atoms with E-state index >= 15 is 0 Å². The zero-order valence-corrected chi connectivity index (χ0v) is 19.2. The summed E-state index contributed by atoms with van der Waals surface area (Å²) in [7, 11) is 1.46. The molecule has 0 amide bonds. The van der Waals surface area contributed by atoms with Gasteiger partial charge in [0.2, 0.25) is 0 Å². The van der Waals surface area contributed by atoms with Crippen molar-refractivity contribution in [3.8, 4) is 0 Å². The molecule has 0 radical (unpaired) electrons. The van der Waals surface area contributed by atoms with Crippen LogP contribution >= 0.6 is 23.4 Å². The van der Waals surface area contributed by atoms with E-state index in [-0.39, 0.29) is 17.8 Å². The number of rotatable bonds is 7. The van der Waals surface area contributed by atoms with E-state index in [2.05, 4.69) is 10.3 Å². The minimum Gasteiger partial charge on any atom is -0.469 e. The quantitative estimate of drug-likeness (QED) is 0.594. The average molecular weight is 466 g/mol. The number of carbonyl (C=O) groups excluding carboxylic acids is 1. The van der Waals surface area contributed by atoms with Crippen LogP contribution in [0.3, 0.4) is 0 Å². The maximum Gasteiger partial charge on any atom is 0.308 e. The van der Waals surface area contributed by atoms with Crippen molar-refractivity contribution in [3.63, 3.8) is 0 Å². The van der Waals surface area contributed by atoms with Crippen LogP contribution in [0.15, 0.2) is 32.9 Å². The summed E-state index contributed by atoms with van der Waals surface area (Å²) in [6.45, 7) is 2.10. The summed E-state index contributed by atoms with van der Waals surface area (Å²) in [5.41, 5.74) is 0.901. The molecule has 2 aromatic heterocycles. The van der Waals surface area contributed by atoms with E-state index in [1.165, 1.54) is 18.9 Å². The summed E-state index contributed by atoms with van der Waals surface area (Å²) in [6, 6.07) is 4.06. The molecule has 1 N–H and O–H groups in total. The molecule has 1 saturated heterocycles. The monoisotopic (exact) mass is 465 g/mol. The molecule has 1 aliphatic carbocycles.